The van der Waals surface area contributed by atoms with Crippen molar-refractivity contribution in [2.45, 2.75) is 26.7 Å². The zero-order valence-corrected chi connectivity index (χ0v) is 15.7. The third-order valence-corrected chi connectivity index (χ3v) is 3.14. The van der Waals surface area contributed by atoms with Gasteiger partial charge in [0.1, 0.15) is 0 Å². The molecule has 5 heteroatoms. The zero-order valence-electron chi connectivity index (χ0n) is 14.7. The summed E-state index contributed by atoms with van der Waals surface area (Å²) in [6.45, 7) is 6.00. The van der Waals surface area contributed by atoms with Crippen LogP contribution in [-0.4, -0.2) is 24.7 Å². The van der Waals surface area contributed by atoms with Gasteiger partial charge in [-0.05, 0) is 37.1 Å². The van der Waals surface area contributed by atoms with E-state index in [1.165, 1.54) is 0 Å². The van der Waals surface area contributed by atoms with Gasteiger partial charge in [-0.1, -0.05) is 38.2 Å². The van der Waals surface area contributed by atoms with Crippen molar-refractivity contribution in [3.63, 3.8) is 0 Å². The summed E-state index contributed by atoms with van der Waals surface area (Å²) >= 11 is 0. The predicted molar refractivity (Wildman–Crippen MR) is 99.3 cm³/mol. The molecule has 0 saturated carbocycles. The van der Waals surface area contributed by atoms with Crippen LogP contribution in [0.2, 0.25) is 0 Å². The Kier molecular flexibility index (Phi) is 13.1. The van der Waals surface area contributed by atoms with E-state index in [2.05, 4.69) is 24.5 Å². The topological polar surface area (TPSA) is 58.2 Å². The van der Waals surface area contributed by atoms with E-state index in [1.807, 2.05) is 24.3 Å². The smallest absolute Gasteiger partial charge is 0.187 e. The Balaban J connectivity index is 0.000000443. The molecule has 0 heterocycles. The Bertz CT molecular complexity index is 557. The van der Waals surface area contributed by atoms with Gasteiger partial charge < -0.3 is 10.6 Å². The van der Waals surface area contributed by atoms with Crippen LogP contribution in [0.1, 0.15) is 26.7 Å². The number of hydrogen-bond acceptors (Lipinski definition) is 4. The minimum atomic E-state index is 0. The Hall–Kier alpha value is -2.10. The van der Waals surface area contributed by atoms with Crippen molar-refractivity contribution in [3.8, 4) is 0 Å². The average molecular weight is 390 g/mol. The first-order valence-corrected chi connectivity index (χ1v) is 8.34. The van der Waals surface area contributed by atoms with E-state index in [4.69, 9.17) is 0 Å². The van der Waals surface area contributed by atoms with Gasteiger partial charge in [0.2, 0.25) is 0 Å². The largest absolute Gasteiger partial charge is 0.390 e. The van der Waals surface area contributed by atoms with Gasteiger partial charge in [-0.3, -0.25) is 9.59 Å². The van der Waals surface area contributed by atoms with Crippen LogP contribution in [0.5, 0.6) is 0 Å². The first-order valence-electron chi connectivity index (χ1n) is 8.34. The molecule has 139 valence electrons. The second kappa shape index (κ2) is 14.3. The molecule has 2 rings (SSSR count). The second-order valence-corrected chi connectivity index (χ2v) is 5.27. The van der Waals surface area contributed by atoms with Crippen LogP contribution < -0.4 is 10.6 Å². The summed E-state index contributed by atoms with van der Waals surface area (Å²) in [5.41, 5.74) is 1.46. The maximum Gasteiger partial charge on any atom is 0.187 e. The standard InChI is InChI=1S/2C10H13NO.Cu/c2*1-2-7-11-8-9-5-3-4-6-10(9)12;/h2*3-6,8,11H,2,7H2,1H3;. The predicted octanol–water partition coefficient (Wildman–Crippen LogP) is 3.13. The van der Waals surface area contributed by atoms with Crippen LogP contribution in [0.3, 0.4) is 0 Å². The molecule has 0 aromatic heterocycles. The van der Waals surface area contributed by atoms with E-state index in [1.54, 1.807) is 36.7 Å². The molecular weight excluding hydrogens is 364 g/mol. The first kappa shape index (κ1) is 22.9. The van der Waals surface area contributed by atoms with Crippen LogP contribution in [0, 0.1) is 0 Å². The zero-order chi connectivity index (χ0) is 17.6. The summed E-state index contributed by atoms with van der Waals surface area (Å²) in [6.07, 6.45) is 19.7. The van der Waals surface area contributed by atoms with Crippen LogP contribution in [0.15, 0.2) is 72.2 Å². The summed E-state index contributed by atoms with van der Waals surface area (Å²) in [5, 5.41) is 6.13. The van der Waals surface area contributed by atoms with E-state index in [0.717, 1.165) is 37.1 Å². The number of rotatable bonds is 6. The molecule has 2 N–H and O–H groups in total. The van der Waals surface area contributed by atoms with Crippen molar-refractivity contribution in [1.82, 2.24) is 10.6 Å². The molecule has 0 atom stereocenters. The van der Waals surface area contributed by atoms with E-state index in [0.29, 0.717) is 0 Å². The van der Waals surface area contributed by atoms with Crippen LogP contribution in [0.25, 0.3) is 0 Å². The van der Waals surface area contributed by atoms with Gasteiger partial charge in [-0.15, -0.1) is 0 Å². The molecule has 0 saturated heterocycles. The Morgan fingerprint density at radius 3 is 1.40 bits per heavy atom. The van der Waals surface area contributed by atoms with Gasteiger partial charge >= 0.3 is 0 Å². The molecule has 25 heavy (non-hydrogen) atoms. The maximum absolute atomic E-state index is 11.1. The fraction of sp³-hybridized carbons (Fsp3) is 0.300. The summed E-state index contributed by atoms with van der Waals surface area (Å²) in [4.78, 5) is 22.3. The van der Waals surface area contributed by atoms with Crippen molar-refractivity contribution in [2.24, 2.45) is 0 Å². The van der Waals surface area contributed by atoms with Crippen molar-refractivity contribution in [1.29, 1.82) is 0 Å². The summed E-state index contributed by atoms with van der Waals surface area (Å²) < 4.78 is 0. The normalized spacial score (nSPS) is 18.0. The molecule has 0 aromatic carbocycles. The third kappa shape index (κ3) is 9.70. The van der Waals surface area contributed by atoms with Gasteiger partial charge in [0.25, 0.3) is 0 Å². The maximum atomic E-state index is 11.1. The molecule has 1 radical (unpaired) electrons. The van der Waals surface area contributed by atoms with Gasteiger partial charge in [0, 0.05) is 53.7 Å². The second-order valence-electron chi connectivity index (χ2n) is 5.27. The average Bonchev–Trinajstić information content (AvgIpc) is 2.59. The van der Waals surface area contributed by atoms with Crippen molar-refractivity contribution >= 4 is 11.6 Å². The van der Waals surface area contributed by atoms with E-state index in [9.17, 15) is 9.59 Å². The number of nitrogens with one attached hydrogen (secondary N) is 2. The molecular formula is C20H26CuN2O2. The van der Waals surface area contributed by atoms with Crippen LogP contribution in [-0.2, 0) is 26.7 Å². The Morgan fingerprint density at radius 1 is 0.720 bits per heavy atom. The quantitative estimate of drug-likeness (QED) is 0.416. The first-order chi connectivity index (χ1) is 11.7. The van der Waals surface area contributed by atoms with E-state index >= 15 is 0 Å². The molecule has 0 unspecified atom stereocenters. The molecule has 0 aromatic rings. The number of carbonyl (C=O) groups is 2. The number of carbonyl (C=O) groups excluding carboxylic acids is 2. The number of hydrogen-bond donors (Lipinski definition) is 2. The van der Waals surface area contributed by atoms with Gasteiger partial charge in [0.05, 0.1) is 0 Å². The Labute approximate surface area is 161 Å². The minimum absolute atomic E-state index is 0. The molecule has 0 amide bonds. The van der Waals surface area contributed by atoms with E-state index in [-0.39, 0.29) is 28.6 Å². The van der Waals surface area contributed by atoms with Crippen molar-refractivity contribution in [3.05, 3.63) is 72.2 Å². The molecule has 2 aliphatic rings. The summed E-state index contributed by atoms with van der Waals surface area (Å²) in [5.74, 6) is 0.141. The molecule has 0 spiro atoms. The van der Waals surface area contributed by atoms with Gasteiger partial charge in [-0.2, -0.15) is 0 Å². The minimum Gasteiger partial charge on any atom is -0.390 e. The fourth-order valence-corrected chi connectivity index (χ4v) is 1.85. The van der Waals surface area contributed by atoms with Gasteiger partial charge in [0.15, 0.2) is 11.6 Å². The fourth-order valence-electron chi connectivity index (χ4n) is 1.85. The number of ketones is 2. The van der Waals surface area contributed by atoms with Crippen molar-refractivity contribution < 1.29 is 26.7 Å². The third-order valence-electron chi connectivity index (χ3n) is 3.14. The monoisotopic (exact) mass is 389 g/mol. The van der Waals surface area contributed by atoms with Crippen LogP contribution >= 0.6 is 0 Å². The summed E-state index contributed by atoms with van der Waals surface area (Å²) in [6, 6.07) is 0. The SMILES string of the molecule is CCCNC=C1C=CC=CC1=O.CCCNC=C1C=CC=CC1=O.[Cu]. The molecule has 2 aliphatic carbocycles. The molecule has 0 bridgehead atoms. The van der Waals surface area contributed by atoms with Crippen molar-refractivity contribution in [2.75, 3.05) is 13.1 Å². The molecule has 4 nitrogen and oxygen atoms in total. The van der Waals surface area contributed by atoms with Gasteiger partial charge in [-0.25, -0.2) is 0 Å². The Morgan fingerprint density at radius 2 is 1.08 bits per heavy atom. The molecule has 0 aliphatic heterocycles. The number of allylic oxidation sites excluding steroid dienone is 10. The van der Waals surface area contributed by atoms with E-state index < -0.39 is 0 Å². The summed E-state index contributed by atoms with van der Waals surface area (Å²) in [7, 11) is 0. The molecule has 0 fully saturated rings. The van der Waals surface area contributed by atoms with Crippen LogP contribution in [0.4, 0.5) is 0 Å².